The molecule has 0 radical (unpaired) electrons. The number of hydrogen-bond donors (Lipinski definition) is 0. The van der Waals surface area contributed by atoms with E-state index in [-0.39, 0.29) is 0 Å². The minimum Gasteiger partial charge on any atom is -0.493 e. The summed E-state index contributed by atoms with van der Waals surface area (Å²) in [6, 6.07) is 13.8. The lowest BCUT2D eigenvalue weighted by Crippen LogP contribution is -1.97. The van der Waals surface area contributed by atoms with Gasteiger partial charge in [-0.15, -0.1) is 6.58 Å². The molecule has 0 fully saturated rings. The summed E-state index contributed by atoms with van der Waals surface area (Å²) in [5, 5.41) is 0. The lowest BCUT2D eigenvalue weighted by Gasteiger charge is -2.09. The fourth-order valence-electron chi connectivity index (χ4n) is 1.58. The van der Waals surface area contributed by atoms with E-state index in [9.17, 15) is 0 Å². The molecule has 0 aliphatic rings. The molecule has 2 nitrogen and oxygen atoms in total. The Kier molecular flexibility index (Phi) is 3.92. The number of ether oxygens (including phenoxy) is 1. The summed E-state index contributed by atoms with van der Waals surface area (Å²) < 4.78 is 5.72. The Bertz CT molecular complexity index is 479. The number of rotatable bonds is 5. The zero-order valence-corrected chi connectivity index (χ0v) is 9.67. The molecule has 2 rings (SSSR count). The van der Waals surface area contributed by atoms with Gasteiger partial charge in [0.25, 0.3) is 0 Å². The highest BCUT2D eigenvalue weighted by Gasteiger charge is 2.05. The fraction of sp³-hybridized carbons (Fsp3) is 0.133. The second-order valence-electron chi connectivity index (χ2n) is 3.64. The molecular weight excluding hydrogens is 210 g/mol. The second kappa shape index (κ2) is 5.85. The minimum absolute atomic E-state index is 0.646. The van der Waals surface area contributed by atoms with Gasteiger partial charge in [0.2, 0.25) is 0 Å². The van der Waals surface area contributed by atoms with Crippen LogP contribution in [0.4, 0.5) is 0 Å². The van der Waals surface area contributed by atoms with E-state index in [1.165, 1.54) is 0 Å². The van der Waals surface area contributed by atoms with Gasteiger partial charge in [0.05, 0.1) is 12.3 Å². The van der Waals surface area contributed by atoms with Crippen molar-refractivity contribution >= 4 is 0 Å². The third-order valence-corrected chi connectivity index (χ3v) is 2.41. The normalized spacial score (nSPS) is 9.88. The third-order valence-electron chi connectivity index (χ3n) is 2.41. The van der Waals surface area contributed by atoms with Crippen molar-refractivity contribution in [1.82, 2.24) is 4.98 Å². The third kappa shape index (κ3) is 2.94. The number of nitrogens with zero attached hydrogens (tertiary/aromatic N) is 1. The van der Waals surface area contributed by atoms with Crippen LogP contribution in [0, 0.1) is 0 Å². The summed E-state index contributed by atoms with van der Waals surface area (Å²) in [5.41, 5.74) is 1.96. The van der Waals surface area contributed by atoms with Crippen molar-refractivity contribution in [2.45, 2.75) is 6.42 Å². The molecule has 2 heteroatoms. The van der Waals surface area contributed by atoms with E-state index in [2.05, 4.69) is 11.6 Å². The first-order chi connectivity index (χ1) is 8.42. The molecule has 0 saturated heterocycles. The van der Waals surface area contributed by atoms with Crippen molar-refractivity contribution in [3.05, 3.63) is 61.3 Å². The van der Waals surface area contributed by atoms with Gasteiger partial charge in [0.15, 0.2) is 0 Å². The minimum atomic E-state index is 0.646. The number of pyridine rings is 1. The van der Waals surface area contributed by atoms with Gasteiger partial charge < -0.3 is 4.74 Å². The molecule has 0 aliphatic carbocycles. The van der Waals surface area contributed by atoms with E-state index in [1.54, 1.807) is 6.20 Å². The maximum Gasteiger partial charge on any atom is 0.128 e. The Morgan fingerprint density at radius 3 is 2.71 bits per heavy atom. The molecule has 0 atom stereocenters. The fourth-order valence-corrected chi connectivity index (χ4v) is 1.58. The standard InChI is InChI=1S/C15H15NO/c1-2-3-12-17-15-10-5-4-8-13(15)14-9-6-7-11-16-14/h2,4-11H,1,3,12H2. The van der Waals surface area contributed by atoms with Crippen LogP contribution in [0.1, 0.15) is 6.42 Å². The summed E-state index contributed by atoms with van der Waals surface area (Å²) >= 11 is 0. The van der Waals surface area contributed by atoms with E-state index in [4.69, 9.17) is 4.74 Å². The van der Waals surface area contributed by atoms with Gasteiger partial charge in [-0.3, -0.25) is 4.98 Å². The molecule has 0 bridgehead atoms. The van der Waals surface area contributed by atoms with Crippen molar-refractivity contribution in [2.75, 3.05) is 6.61 Å². The Hall–Kier alpha value is -2.09. The lowest BCUT2D eigenvalue weighted by atomic mass is 10.1. The van der Waals surface area contributed by atoms with Crippen molar-refractivity contribution in [3.8, 4) is 17.0 Å². The number of para-hydroxylation sites is 1. The van der Waals surface area contributed by atoms with Crippen LogP contribution in [0.25, 0.3) is 11.3 Å². The van der Waals surface area contributed by atoms with E-state index in [0.29, 0.717) is 6.61 Å². The maximum absolute atomic E-state index is 5.72. The number of hydrogen-bond acceptors (Lipinski definition) is 2. The van der Waals surface area contributed by atoms with Gasteiger partial charge in [0, 0.05) is 11.8 Å². The van der Waals surface area contributed by atoms with Crippen molar-refractivity contribution < 1.29 is 4.74 Å². The van der Waals surface area contributed by atoms with Crippen molar-refractivity contribution in [3.63, 3.8) is 0 Å². The maximum atomic E-state index is 5.72. The highest BCUT2D eigenvalue weighted by molar-refractivity contribution is 5.66. The van der Waals surface area contributed by atoms with Crippen LogP contribution in [-0.2, 0) is 0 Å². The van der Waals surface area contributed by atoms with Gasteiger partial charge in [0.1, 0.15) is 5.75 Å². The Balaban J connectivity index is 2.25. The van der Waals surface area contributed by atoms with E-state index >= 15 is 0 Å². The predicted octanol–water partition coefficient (Wildman–Crippen LogP) is 3.70. The van der Waals surface area contributed by atoms with Crippen LogP contribution < -0.4 is 4.74 Å². The zero-order valence-electron chi connectivity index (χ0n) is 9.67. The lowest BCUT2D eigenvalue weighted by molar-refractivity contribution is 0.326. The largest absolute Gasteiger partial charge is 0.493 e. The molecule has 0 spiro atoms. The summed E-state index contributed by atoms with van der Waals surface area (Å²) in [5.74, 6) is 0.869. The summed E-state index contributed by atoms with van der Waals surface area (Å²) in [6.45, 7) is 4.33. The van der Waals surface area contributed by atoms with Gasteiger partial charge in [-0.2, -0.15) is 0 Å². The van der Waals surface area contributed by atoms with Gasteiger partial charge in [-0.05, 0) is 30.7 Å². The molecule has 86 valence electrons. The number of aromatic nitrogens is 1. The summed E-state index contributed by atoms with van der Waals surface area (Å²) in [4.78, 5) is 4.34. The highest BCUT2D eigenvalue weighted by Crippen LogP contribution is 2.27. The second-order valence-corrected chi connectivity index (χ2v) is 3.64. The smallest absolute Gasteiger partial charge is 0.128 e. The van der Waals surface area contributed by atoms with Crippen LogP contribution in [-0.4, -0.2) is 11.6 Å². The average molecular weight is 225 g/mol. The first kappa shape index (κ1) is 11.4. The molecular formula is C15H15NO. The van der Waals surface area contributed by atoms with Crippen LogP contribution in [0.2, 0.25) is 0 Å². The molecule has 2 aromatic rings. The number of benzene rings is 1. The van der Waals surface area contributed by atoms with E-state index in [0.717, 1.165) is 23.4 Å². The van der Waals surface area contributed by atoms with E-state index < -0.39 is 0 Å². The molecule has 1 aromatic heterocycles. The van der Waals surface area contributed by atoms with Crippen LogP contribution in [0.15, 0.2) is 61.3 Å². The predicted molar refractivity (Wildman–Crippen MR) is 70.0 cm³/mol. The highest BCUT2D eigenvalue weighted by atomic mass is 16.5. The van der Waals surface area contributed by atoms with Gasteiger partial charge >= 0.3 is 0 Å². The van der Waals surface area contributed by atoms with Crippen molar-refractivity contribution in [2.24, 2.45) is 0 Å². The van der Waals surface area contributed by atoms with Crippen LogP contribution in [0.3, 0.4) is 0 Å². The zero-order chi connectivity index (χ0) is 11.9. The molecule has 0 aliphatic heterocycles. The summed E-state index contributed by atoms with van der Waals surface area (Å²) in [7, 11) is 0. The molecule has 0 unspecified atom stereocenters. The monoisotopic (exact) mass is 225 g/mol. The summed E-state index contributed by atoms with van der Waals surface area (Å²) in [6.07, 6.45) is 4.48. The van der Waals surface area contributed by atoms with Crippen LogP contribution >= 0.6 is 0 Å². The molecule has 1 aromatic carbocycles. The van der Waals surface area contributed by atoms with Gasteiger partial charge in [-0.1, -0.05) is 24.3 Å². The van der Waals surface area contributed by atoms with Crippen LogP contribution in [0.5, 0.6) is 5.75 Å². The first-order valence-corrected chi connectivity index (χ1v) is 5.66. The average Bonchev–Trinajstić information content (AvgIpc) is 2.41. The Morgan fingerprint density at radius 2 is 1.94 bits per heavy atom. The van der Waals surface area contributed by atoms with E-state index in [1.807, 2.05) is 48.5 Å². The van der Waals surface area contributed by atoms with Gasteiger partial charge in [-0.25, -0.2) is 0 Å². The molecule has 0 amide bonds. The molecule has 0 N–H and O–H groups in total. The van der Waals surface area contributed by atoms with Crippen molar-refractivity contribution in [1.29, 1.82) is 0 Å². The Morgan fingerprint density at radius 1 is 1.12 bits per heavy atom. The first-order valence-electron chi connectivity index (χ1n) is 5.66. The molecule has 17 heavy (non-hydrogen) atoms. The molecule has 1 heterocycles. The quantitative estimate of drug-likeness (QED) is 0.571. The SMILES string of the molecule is C=CCCOc1ccccc1-c1ccccn1. The topological polar surface area (TPSA) is 22.1 Å². The Labute approximate surface area is 102 Å². The molecule has 0 saturated carbocycles.